The van der Waals surface area contributed by atoms with Crippen molar-refractivity contribution in [2.24, 2.45) is 0 Å². The first-order chi connectivity index (χ1) is 10.5. The van der Waals surface area contributed by atoms with Gasteiger partial charge in [0.15, 0.2) is 5.16 Å². The lowest BCUT2D eigenvalue weighted by molar-refractivity contribution is -0.119. The van der Waals surface area contributed by atoms with Crippen LogP contribution in [0.25, 0.3) is 0 Å². The highest BCUT2D eigenvalue weighted by Crippen LogP contribution is 2.23. The van der Waals surface area contributed by atoms with E-state index in [0.29, 0.717) is 5.16 Å². The second-order valence-corrected chi connectivity index (χ2v) is 6.39. The Morgan fingerprint density at radius 1 is 1.50 bits per heavy atom. The molecule has 1 aromatic carbocycles. The number of thioether (sulfide) groups is 1. The molecule has 1 unspecified atom stereocenters. The molecule has 0 aliphatic heterocycles. The zero-order valence-electron chi connectivity index (χ0n) is 11.8. The Hall–Kier alpha value is -1.80. The number of amides is 1. The molecule has 8 heteroatoms. The van der Waals surface area contributed by atoms with Crippen molar-refractivity contribution in [2.75, 3.05) is 11.5 Å². The third-order valence-corrected chi connectivity index (χ3v) is 4.42. The van der Waals surface area contributed by atoms with Crippen molar-refractivity contribution in [2.45, 2.75) is 18.1 Å². The van der Waals surface area contributed by atoms with Crippen LogP contribution in [-0.4, -0.2) is 21.6 Å². The molecule has 0 radical (unpaired) electrons. The highest BCUT2D eigenvalue weighted by molar-refractivity contribution is 9.10. The lowest BCUT2D eigenvalue weighted by atomic mass is 10.1. The summed E-state index contributed by atoms with van der Waals surface area (Å²) in [6.07, 6.45) is 0. The maximum Gasteiger partial charge on any atom is 0.253 e. The average molecular weight is 383 g/mol. The van der Waals surface area contributed by atoms with E-state index in [-0.39, 0.29) is 29.1 Å². The number of nitrogen functional groups attached to an aromatic ring is 1. The molecule has 1 atom stereocenters. The van der Waals surface area contributed by atoms with Crippen LogP contribution >= 0.6 is 27.7 Å². The minimum absolute atomic E-state index is 0.128. The number of nitrogens with one attached hydrogen (secondary N) is 2. The molecule has 2 rings (SSSR count). The lowest BCUT2D eigenvalue weighted by Crippen LogP contribution is -2.28. The molecular formula is C14H15BrN4O2S. The number of aromatic nitrogens is 2. The Morgan fingerprint density at radius 3 is 2.91 bits per heavy atom. The summed E-state index contributed by atoms with van der Waals surface area (Å²) < 4.78 is 0.942. The number of benzene rings is 1. The van der Waals surface area contributed by atoms with Crippen molar-refractivity contribution in [1.82, 2.24) is 15.3 Å². The van der Waals surface area contributed by atoms with Gasteiger partial charge >= 0.3 is 0 Å². The number of nitrogens with zero attached hydrogens (tertiary/aromatic N) is 1. The summed E-state index contributed by atoms with van der Waals surface area (Å²) in [5.41, 5.74) is 6.15. The number of hydrogen-bond donors (Lipinski definition) is 3. The Balaban J connectivity index is 1.93. The number of H-pyrrole nitrogens is 1. The largest absolute Gasteiger partial charge is 0.383 e. The van der Waals surface area contributed by atoms with Gasteiger partial charge in [0, 0.05) is 10.5 Å². The van der Waals surface area contributed by atoms with Crippen LogP contribution in [0.15, 0.2) is 44.8 Å². The predicted octanol–water partition coefficient (Wildman–Crippen LogP) is 2.08. The van der Waals surface area contributed by atoms with Crippen molar-refractivity contribution in [1.29, 1.82) is 0 Å². The van der Waals surface area contributed by atoms with Gasteiger partial charge in [0.1, 0.15) is 5.82 Å². The lowest BCUT2D eigenvalue weighted by Gasteiger charge is -2.15. The van der Waals surface area contributed by atoms with Crippen LogP contribution in [0, 0.1) is 0 Å². The normalized spacial score (nSPS) is 11.9. The van der Waals surface area contributed by atoms with Crippen LogP contribution in [0.3, 0.4) is 0 Å². The summed E-state index contributed by atoms with van der Waals surface area (Å²) in [4.78, 5) is 29.7. The molecule has 0 fully saturated rings. The van der Waals surface area contributed by atoms with Crippen LogP contribution in [0.4, 0.5) is 5.82 Å². The SMILES string of the molecule is CC(NC(=O)CSc1nc(N)cc(=O)[nH]1)c1ccccc1Br. The number of carbonyl (C=O) groups excluding carboxylic acids is 1. The molecule has 0 saturated carbocycles. The van der Waals surface area contributed by atoms with Crippen LogP contribution < -0.4 is 16.6 Å². The van der Waals surface area contributed by atoms with E-state index in [1.807, 2.05) is 31.2 Å². The van der Waals surface area contributed by atoms with E-state index in [4.69, 9.17) is 5.73 Å². The van der Waals surface area contributed by atoms with Gasteiger partial charge in [-0.05, 0) is 18.6 Å². The second kappa shape index (κ2) is 7.46. The van der Waals surface area contributed by atoms with Gasteiger partial charge < -0.3 is 16.0 Å². The molecule has 2 aromatic rings. The average Bonchev–Trinajstić information content (AvgIpc) is 2.44. The summed E-state index contributed by atoms with van der Waals surface area (Å²) in [6.45, 7) is 1.91. The fourth-order valence-corrected chi connectivity index (χ4v) is 3.16. The zero-order valence-corrected chi connectivity index (χ0v) is 14.2. The number of aromatic amines is 1. The second-order valence-electron chi connectivity index (χ2n) is 4.57. The van der Waals surface area contributed by atoms with Crippen LogP contribution in [0.1, 0.15) is 18.5 Å². The standard InChI is InChI=1S/C14H15BrN4O2S/c1-8(9-4-2-3-5-10(9)15)17-13(21)7-22-14-18-11(16)6-12(20)19-14/h2-6,8H,7H2,1H3,(H,17,21)(H3,16,18,19,20). The Bertz CT molecular complexity index is 735. The van der Waals surface area contributed by atoms with Gasteiger partial charge in [-0.1, -0.05) is 45.9 Å². The molecule has 22 heavy (non-hydrogen) atoms. The first-order valence-electron chi connectivity index (χ1n) is 6.49. The Labute approximate surface area is 140 Å². The van der Waals surface area contributed by atoms with E-state index < -0.39 is 0 Å². The molecule has 0 spiro atoms. The van der Waals surface area contributed by atoms with E-state index in [1.165, 1.54) is 6.07 Å². The number of anilines is 1. The van der Waals surface area contributed by atoms with Gasteiger partial charge in [0.2, 0.25) is 5.91 Å². The number of hydrogen-bond acceptors (Lipinski definition) is 5. The molecule has 4 N–H and O–H groups in total. The molecule has 0 aliphatic carbocycles. The highest BCUT2D eigenvalue weighted by Gasteiger charge is 2.12. The molecular weight excluding hydrogens is 368 g/mol. The summed E-state index contributed by atoms with van der Waals surface area (Å²) in [7, 11) is 0. The Kier molecular flexibility index (Phi) is 5.62. The quantitative estimate of drug-likeness (QED) is 0.542. The van der Waals surface area contributed by atoms with Gasteiger partial charge in [-0.15, -0.1) is 0 Å². The fraction of sp³-hybridized carbons (Fsp3) is 0.214. The van der Waals surface area contributed by atoms with Crippen molar-refractivity contribution in [3.63, 3.8) is 0 Å². The number of nitrogens with two attached hydrogens (primary N) is 1. The minimum Gasteiger partial charge on any atom is -0.383 e. The fourth-order valence-electron chi connectivity index (χ4n) is 1.84. The third-order valence-electron chi connectivity index (χ3n) is 2.83. The molecule has 1 amide bonds. The number of carbonyl (C=O) groups is 1. The summed E-state index contributed by atoms with van der Waals surface area (Å²) in [6, 6.07) is 8.77. The first kappa shape index (κ1) is 16.6. The summed E-state index contributed by atoms with van der Waals surface area (Å²) in [5.74, 6) is 0.118. The van der Waals surface area contributed by atoms with Crippen LogP contribution in [0.2, 0.25) is 0 Å². The van der Waals surface area contributed by atoms with Gasteiger partial charge in [-0.2, -0.15) is 0 Å². The highest BCUT2D eigenvalue weighted by atomic mass is 79.9. The topological polar surface area (TPSA) is 101 Å². The van der Waals surface area contributed by atoms with Crippen molar-refractivity contribution >= 4 is 39.4 Å². The maximum absolute atomic E-state index is 12.0. The molecule has 0 aliphatic rings. The van der Waals surface area contributed by atoms with Crippen molar-refractivity contribution < 1.29 is 4.79 Å². The summed E-state index contributed by atoms with van der Waals surface area (Å²) >= 11 is 4.59. The Morgan fingerprint density at radius 2 is 2.23 bits per heavy atom. The minimum atomic E-state index is -0.336. The molecule has 0 saturated heterocycles. The van der Waals surface area contributed by atoms with E-state index in [2.05, 4.69) is 31.2 Å². The van der Waals surface area contributed by atoms with Gasteiger partial charge in [-0.3, -0.25) is 9.59 Å². The molecule has 0 bridgehead atoms. The molecule has 1 aromatic heterocycles. The third kappa shape index (κ3) is 4.60. The molecule has 1 heterocycles. The van der Waals surface area contributed by atoms with Crippen LogP contribution in [-0.2, 0) is 4.79 Å². The monoisotopic (exact) mass is 382 g/mol. The smallest absolute Gasteiger partial charge is 0.253 e. The van der Waals surface area contributed by atoms with Crippen molar-refractivity contribution in [3.8, 4) is 0 Å². The van der Waals surface area contributed by atoms with E-state index in [9.17, 15) is 9.59 Å². The molecule has 116 valence electrons. The van der Waals surface area contributed by atoms with E-state index in [1.54, 1.807) is 0 Å². The van der Waals surface area contributed by atoms with E-state index in [0.717, 1.165) is 21.8 Å². The number of rotatable bonds is 5. The zero-order chi connectivity index (χ0) is 16.1. The van der Waals surface area contributed by atoms with Gasteiger partial charge in [0.25, 0.3) is 5.56 Å². The van der Waals surface area contributed by atoms with Crippen LogP contribution in [0.5, 0.6) is 0 Å². The predicted molar refractivity (Wildman–Crippen MR) is 90.7 cm³/mol. The first-order valence-corrected chi connectivity index (χ1v) is 8.27. The number of halogens is 1. The summed E-state index contributed by atoms with van der Waals surface area (Å²) in [5, 5.41) is 3.22. The molecule has 6 nitrogen and oxygen atoms in total. The van der Waals surface area contributed by atoms with Gasteiger partial charge in [0.05, 0.1) is 11.8 Å². The van der Waals surface area contributed by atoms with Crippen molar-refractivity contribution in [3.05, 3.63) is 50.7 Å². The van der Waals surface area contributed by atoms with E-state index >= 15 is 0 Å². The maximum atomic E-state index is 12.0. The van der Waals surface area contributed by atoms with Gasteiger partial charge in [-0.25, -0.2) is 4.98 Å².